The van der Waals surface area contributed by atoms with Gasteiger partial charge in [0.2, 0.25) is 5.65 Å². The molecule has 0 amide bonds. The van der Waals surface area contributed by atoms with E-state index in [-0.39, 0.29) is 17.0 Å². The first kappa shape index (κ1) is 10.1. The first-order valence-corrected chi connectivity index (χ1v) is 4.37. The Morgan fingerprint density at radius 3 is 2.81 bits per heavy atom. The Morgan fingerprint density at radius 1 is 1.56 bits per heavy atom. The van der Waals surface area contributed by atoms with Crippen LogP contribution in [0, 0.1) is 17.0 Å². The number of pyridine rings is 1. The summed E-state index contributed by atoms with van der Waals surface area (Å²) in [6.45, 7) is 1.66. The van der Waals surface area contributed by atoms with Crippen LogP contribution in [0.25, 0.3) is 5.65 Å². The topological polar surface area (TPSA) is 97.7 Å². The molecule has 7 heteroatoms. The fraction of sp³-hybridized carbons (Fsp3) is 0.111. The van der Waals surface area contributed by atoms with Crippen molar-refractivity contribution >= 4 is 17.3 Å². The van der Waals surface area contributed by atoms with Crippen LogP contribution in [0.1, 0.15) is 16.2 Å². The Morgan fingerprint density at radius 2 is 2.25 bits per heavy atom. The number of nitrogens with zero attached hydrogens (tertiary/aromatic N) is 3. The molecule has 2 rings (SSSR count). The molecule has 0 aliphatic heterocycles. The van der Waals surface area contributed by atoms with Crippen LogP contribution in [-0.4, -0.2) is 25.4 Å². The fourth-order valence-corrected chi connectivity index (χ4v) is 1.53. The van der Waals surface area contributed by atoms with Gasteiger partial charge in [0.15, 0.2) is 5.69 Å². The molecule has 0 spiro atoms. The lowest BCUT2D eigenvalue weighted by molar-refractivity contribution is -0.383. The van der Waals surface area contributed by atoms with E-state index in [1.54, 1.807) is 6.92 Å². The lowest BCUT2D eigenvalue weighted by Crippen LogP contribution is -2.05. The van der Waals surface area contributed by atoms with Crippen molar-refractivity contribution < 1.29 is 14.8 Å². The monoisotopic (exact) mass is 221 g/mol. The van der Waals surface area contributed by atoms with Gasteiger partial charge in [0, 0.05) is 11.8 Å². The first-order valence-electron chi connectivity index (χ1n) is 4.37. The molecule has 0 saturated heterocycles. The summed E-state index contributed by atoms with van der Waals surface area (Å²) in [6, 6.07) is 2.79. The highest BCUT2D eigenvalue weighted by molar-refractivity contribution is 5.87. The Bertz CT molecular complexity index is 602. The molecule has 2 aromatic rings. The highest BCUT2D eigenvalue weighted by atomic mass is 16.6. The SMILES string of the molecule is Cc1ccc([N+](=O)[O-])c2ncc(C(=O)O)n12. The maximum Gasteiger partial charge on any atom is 0.354 e. The van der Waals surface area contributed by atoms with E-state index >= 15 is 0 Å². The van der Waals surface area contributed by atoms with Crippen LogP contribution < -0.4 is 0 Å². The Hall–Kier alpha value is -2.44. The number of aromatic carboxylic acids is 1. The van der Waals surface area contributed by atoms with E-state index in [1.165, 1.54) is 16.5 Å². The van der Waals surface area contributed by atoms with Crippen molar-refractivity contribution in [2.24, 2.45) is 0 Å². The number of aryl methyl sites for hydroxylation is 1. The van der Waals surface area contributed by atoms with Crippen LogP contribution in [0.2, 0.25) is 0 Å². The smallest absolute Gasteiger partial charge is 0.354 e. The number of rotatable bonds is 2. The van der Waals surface area contributed by atoms with E-state index in [4.69, 9.17) is 5.11 Å². The molecule has 82 valence electrons. The number of imidazole rings is 1. The molecule has 0 aromatic carbocycles. The number of aromatic nitrogens is 2. The summed E-state index contributed by atoms with van der Waals surface area (Å²) in [6.07, 6.45) is 1.11. The third kappa shape index (κ3) is 1.29. The third-order valence-electron chi connectivity index (χ3n) is 2.24. The largest absolute Gasteiger partial charge is 0.477 e. The summed E-state index contributed by atoms with van der Waals surface area (Å²) >= 11 is 0. The van der Waals surface area contributed by atoms with Crippen LogP contribution in [0.15, 0.2) is 18.3 Å². The zero-order chi connectivity index (χ0) is 11.9. The van der Waals surface area contributed by atoms with Crippen molar-refractivity contribution in [1.29, 1.82) is 0 Å². The van der Waals surface area contributed by atoms with Crippen LogP contribution in [0.5, 0.6) is 0 Å². The van der Waals surface area contributed by atoms with Crippen LogP contribution >= 0.6 is 0 Å². The summed E-state index contributed by atoms with van der Waals surface area (Å²) in [5.74, 6) is -1.17. The van der Waals surface area contributed by atoms with Gasteiger partial charge in [-0.1, -0.05) is 0 Å². The molecule has 0 aliphatic carbocycles. The van der Waals surface area contributed by atoms with Crippen LogP contribution in [-0.2, 0) is 0 Å². The van der Waals surface area contributed by atoms with Gasteiger partial charge in [-0.2, -0.15) is 0 Å². The average Bonchev–Trinajstić information content (AvgIpc) is 2.62. The number of hydrogen-bond donors (Lipinski definition) is 1. The van der Waals surface area contributed by atoms with Crippen molar-refractivity contribution in [1.82, 2.24) is 9.38 Å². The molecule has 1 N–H and O–H groups in total. The van der Waals surface area contributed by atoms with Crippen LogP contribution in [0.4, 0.5) is 5.69 Å². The van der Waals surface area contributed by atoms with E-state index in [9.17, 15) is 14.9 Å². The van der Waals surface area contributed by atoms with Gasteiger partial charge in [0.05, 0.1) is 11.1 Å². The molecule has 0 saturated carbocycles. The zero-order valence-electron chi connectivity index (χ0n) is 8.25. The van der Waals surface area contributed by atoms with Gasteiger partial charge in [-0.15, -0.1) is 0 Å². The number of carbonyl (C=O) groups is 1. The normalized spacial score (nSPS) is 10.6. The predicted octanol–water partition coefficient (Wildman–Crippen LogP) is 1.25. The lowest BCUT2D eigenvalue weighted by atomic mass is 10.3. The molecule has 2 heterocycles. The lowest BCUT2D eigenvalue weighted by Gasteiger charge is -2.02. The highest BCUT2D eigenvalue weighted by Gasteiger charge is 2.19. The molecular weight excluding hydrogens is 214 g/mol. The summed E-state index contributed by atoms with van der Waals surface area (Å²) in [7, 11) is 0. The van der Waals surface area contributed by atoms with E-state index in [0.29, 0.717) is 5.69 Å². The standard InChI is InChI=1S/C9H7N3O4/c1-5-2-3-6(12(15)16)8-10-4-7(9(13)14)11(5)8/h2-4H,1H3,(H,13,14). The van der Waals surface area contributed by atoms with E-state index in [0.717, 1.165) is 6.20 Å². The summed E-state index contributed by atoms with van der Waals surface area (Å²) < 4.78 is 1.25. The Kier molecular flexibility index (Phi) is 2.08. The van der Waals surface area contributed by atoms with Gasteiger partial charge < -0.3 is 5.11 Å². The minimum atomic E-state index is -1.17. The van der Waals surface area contributed by atoms with Crippen molar-refractivity contribution in [3.8, 4) is 0 Å². The zero-order valence-corrected chi connectivity index (χ0v) is 8.25. The molecule has 0 bridgehead atoms. The van der Waals surface area contributed by atoms with E-state index in [1.807, 2.05) is 0 Å². The van der Waals surface area contributed by atoms with Gasteiger partial charge in [-0.3, -0.25) is 14.5 Å². The minimum absolute atomic E-state index is 0.0439. The van der Waals surface area contributed by atoms with E-state index in [2.05, 4.69) is 4.98 Å². The molecule has 0 unspecified atom stereocenters. The van der Waals surface area contributed by atoms with Gasteiger partial charge >= 0.3 is 11.7 Å². The predicted molar refractivity (Wildman–Crippen MR) is 53.5 cm³/mol. The van der Waals surface area contributed by atoms with Gasteiger partial charge in [-0.05, 0) is 13.0 Å². The molecular formula is C9H7N3O4. The maximum atomic E-state index is 10.9. The first-order chi connectivity index (χ1) is 7.52. The number of nitro groups is 1. The molecule has 16 heavy (non-hydrogen) atoms. The van der Waals surface area contributed by atoms with Gasteiger partial charge in [-0.25, -0.2) is 9.78 Å². The summed E-state index contributed by atoms with van der Waals surface area (Å²) in [5, 5.41) is 19.6. The third-order valence-corrected chi connectivity index (χ3v) is 2.24. The molecule has 0 radical (unpaired) electrons. The molecule has 2 aromatic heterocycles. The molecule has 0 fully saturated rings. The van der Waals surface area contributed by atoms with Crippen molar-refractivity contribution in [3.05, 3.63) is 39.8 Å². The molecule has 7 nitrogen and oxygen atoms in total. The second-order valence-corrected chi connectivity index (χ2v) is 3.22. The second-order valence-electron chi connectivity index (χ2n) is 3.22. The van der Waals surface area contributed by atoms with Crippen molar-refractivity contribution in [3.63, 3.8) is 0 Å². The second kappa shape index (κ2) is 3.30. The maximum absolute atomic E-state index is 10.9. The average molecular weight is 221 g/mol. The number of hydrogen-bond acceptors (Lipinski definition) is 4. The number of carboxylic acid groups (broad SMARTS) is 1. The Labute approximate surface area is 89.1 Å². The van der Waals surface area contributed by atoms with Crippen molar-refractivity contribution in [2.75, 3.05) is 0 Å². The Balaban J connectivity index is 2.88. The minimum Gasteiger partial charge on any atom is -0.477 e. The molecule has 0 atom stereocenters. The number of carboxylic acids is 1. The van der Waals surface area contributed by atoms with Gasteiger partial charge in [0.1, 0.15) is 0 Å². The highest BCUT2D eigenvalue weighted by Crippen LogP contribution is 2.21. The van der Waals surface area contributed by atoms with Crippen LogP contribution in [0.3, 0.4) is 0 Å². The van der Waals surface area contributed by atoms with Crippen molar-refractivity contribution in [2.45, 2.75) is 6.92 Å². The van der Waals surface area contributed by atoms with E-state index < -0.39 is 10.9 Å². The van der Waals surface area contributed by atoms with Gasteiger partial charge in [0.25, 0.3) is 0 Å². The number of fused-ring (bicyclic) bond motifs is 1. The summed E-state index contributed by atoms with van der Waals surface area (Å²) in [5.41, 5.74) is 0.326. The molecule has 0 aliphatic rings. The summed E-state index contributed by atoms with van der Waals surface area (Å²) in [4.78, 5) is 24.8. The fourth-order valence-electron chi connectivity index (χ4n) is 1.53. The quantitative estimate of drug-likeness (QED) is 0.607.